The van der Waals surface area contributed by atoms with Crippen molar-refractivity contribution in [3.8, 4) is 0 Å². The number of carbonyl (C=O) groups is 3. The SMILES string of the molecule is CCON=C(C(=O)NC1C(=O)N2CC(CSc3nc(N)cc4n3nc(N)[n+]4C)(C(=O)[O-])CS[C@H]12)c1csc(N)n1. The summed E-state index contributed by atoms with van der Waals surface area (Å²) in [6.07, 6.45) is 0. The van der Waals surface area contributed by atoms with Gasteiger partial charge in [-0.3, -0.25) is 9.59 Å². The summed E-state index contributed by atoms with van der Waals surface area (Å²) in [4.78, 5) is 53.3. The number of amides is 2. The summed E-state index contributed by atoms with van der Waals surface area (Å²) in [6, 6.07) is 0.722. The Labute approximate surface area is 239 Å². The smallest absolute Gasteiger partial charge is 0.376 e. The summed E-state index contributed by atoms with van der Waals surface area (Å²) in [5, 5.41) is 24.8. The van der Waals surface area contributed by atoms with E-state index in [0.717, 1.165) is 23.1 Å². The number of anilines is 3. The van der Waals surface area contributed by atoms with E-state index in [-0.39, 0.29) is 53.0 Å². The number of aromatic nitrogens is 5. The third-order valence-electron chi connectivity index (χ3n) is 6.40. The van der Waals surface area contributed by atoms with Crippen molar-refractivity contribution in [2.45, 2.75) is 23.5 Å². The van der Waals surface area contributed by atoms with Crippen molar-refractivity contribution in [1.82, 2.24) is 29.8 Å². The van der Waals surface area contributed by atoms with Gasteiger partial charge in [-0.05, 0) is 6.92 Å². The zero-order valence-corrected chi connectivity index (χ0v) is 23.7. The minimum Gasteiger partial charge on any atom is -0.549 e. The first-order valence-corrected chi connectivity index (χ1v) is 14.8. The number of nitrogens with one attached hydrogen (secondary N) is 1. The highest BCUT2D eigenvalue weighted by Gasteiger charge is 2.56. The van der Waals surface area contributed by atoms with Crippen molar-refractivity contribution in [1.29, 1.82) is 0 Å². The van der Waals surface area contributed by atoms with Gasteiger partial charge in [0.15, 0.2) is 10.8 Å². The quantitative estimate of drug-likeness (QED) is 0.0489. The Hall–Kier alpha value is -3.84. The van der Waals surface area contributed by atoms with Crippen molar-refractivity contribution < 1.29 is 28.9 Å². The van der Waals surface area contributed by atoms with Crippen LogP contribution in [-0.4, -0.2) is 84.1 Å². The maximum atomic E-state index is 13.1. The number of rotatable bonds is 9. The predicted octanol–water partition coefficient (Wildman–Crippen LogP) is -2.57. The standard InChI is InChI=1S/C21H25N11O5S3/c1-3-37-29-12(9-5-38-19(24)25-9)14(33)27-13-15(34)31-6-21(17(35)36,7-39-16(13)31)8-40-20-26-10(22)4-11-30(2)18(23)28-32(11)20/h4-5,13,16,22H,3,6-8H2,1-2H3,(H6,23,24,25,27,28,33,35,36)/t13?,16-,21?/m1/s1. The molecule has 2 unspecified atom stereocenters. The molecule has 7 N–H and O–H groups in total. The normalized spacial score (nSPS) is 22.6. The molecule has 0 bridgehead atoms. The van der Waals surface area contributed by atoms with Crippen LogP contribution in [0, 0.1) is 5.41 Å². The Kier molecular flexibility index (Phi) is 7.36. The number of nitrogens with zero attached hydrogens (tertiary/aromatic N) is 7. The Balaban J connectivity index is 1.29. The Morgan fingerprint density at radius 3 is 2.83 bits per heavy atom. The van der Waals surface area contributed by atoms with Gasteiger partial charge < -0.3 is 42.2 Å². The van der Waals surface area contributed by atoms with Crippen LogP contribution in [0.5, 0.6) is 0 Å². The molecular formula is C21H25N11O5S3. The molecule has 5 rings (SSSR count). The van der Waals surface area contributed by atoms with E-state index in [1.165, 1.54) is 21.2 Å². The van der Waals surface area contributed by atoms with Crippen LogP contribution < -0.4 is 32.2 Å². The molecule has 2 saturated heterocycles. The molecule has 0 aliphatic carbocycles. The number of oxime groups is 1. The molecule has 212 valence electrons. The summed E-state index contributed by atoms with van der Waals surface area (Å²) < 4.78 is 3.11. The molecule has 3 aromatic rings. The van der Waals surface area contributed by atoms with Gasteiger partial charge in [0.05, 0.1) is 13.0 Å². The van der Waals surface area contributed by atoms with Crippen LogP contribution in [0.4, 0.5) is 16.9 Å². The second-order valence-corrected chi connectivity index (χ2v) is 12.0. The van der Waals surface area contributed by atoms with E-state index in [1.54, 1.807) is 30.0 Å². The molecule has 2 amide bonds. The highest BCUT2D eigenvalue weighted by Crippen LogP contribution is 2.44. The number of hydrogen-bond donors (Lipinski definition) is 4. The van der Waals surface area contributed by atoms with Gasteiger partial charge in [-0.1, -0.05) is 21.4 Å². The first-order valence-electron chi connectivity index (χ1n) is 11.8. The molecular weight excluding hydrogens is 583 g/mol. The van der Waals surface area contributed by atoms with Crippen LogP contribution in [0.1, 0.15) is 12.6 Å². The average molecular weight is 608 g/mol. The average Bonchev–Trinajstić information content (AvgIpc) is 3.48. The number of nitrogen functional groups attached to an aromatic ring is 3. The van der Waals surface area contributed by atoms with Crippen LogP contribution in [0.15, 0.2) is 21.8 Å². The van der Waals surface area contributed by atoms with Crippen molar-refractivity contribution in [2.24, 2.45) is 17.6 Å². The van der Waals surface area contributed by atoms with Crippen LogP contribution >= 0.6 is 34.9 Å². The van der Waals surface area contributed by atoms with E-state index in [1.807, 2.05) is 0 Å². The van der Waals surface area contributed by atoms with Crippen LogP contribution in [-0.2, 0) is 26.3 Å². The minimum absolute atomic E-state index is 0.0291. The van der Waals surface area contributed by atoms with E-state index >= 15 is 0 Å². The molecule has 16 nitrogen and oxygen atoms in total. The minimum atomic E-state index is -1.39. The molecule has 3 atom stereocenters. The van der Waals surface area contributed by atoms with Gasteiger partial charge in [0, 0.05) is 40.0 Å². The van der Waals surface area contributed by atoms with E-state index < -0.39 is 34.6 Å². The third kappa shape index (κ3) is 4.83. The Morgan fingerprint density at radius 1 is 1.38 bits per heavy atom. The molecule has 19 heteroatoms. The first-order chi connectivity index (χ1) is 19.0. The fourth-order valence-electron chi connectivity index (χ4n) is 4.23. The van der Waals surface area contributed by atoms with Gasteiger partial charge in [0.2, 0.25) is 16.7 Å². The molecule has 2 fully saturated rings. The molecule has 0 saturated carbocycles. The Bertz CT molecular complexity index is 1540. The summed E-state index contributed by atoms with van der Waals surface area (Å²) >= 11 is 3.50. The lowest BCUT2D eigenvalue weighted by atomic mass is 9.89. The van der Waals surface area contributed by atoms with Crippen molar-refractivity contribution in [2.75, 3.05) is 41.9 Å². The van der Waals surface area contributed by atoms with Crippen molar-refractivity contribution in [3.05, 3.63) is 17.1 Å². The van der Waals surface area contributed by atoms with Gasteiger partial charge in [0.25, 0.3) is 5.91 Å². The topological polar surface area (TPSA) is 236 Å². The number of thiazole rings is 1. The van der Waals surface area contributed by atoms with E-state index in [9.17, 15) is 19.5 Å². The molecule has 40 heavy (non-hydrogen) atoms. The number of carboxylic acids is 1. The maximum absolute atomic E-state index is 13.1. The number of nitrogens with two attached hydrogens (primary N) is 3. The van der Waals surface area contributed by atoms with Gasteiger partial charge in [-0.15, -0.1) is 23.1 Å². The number of carboxylic acid groups (broad SMARTS) is 1. The summed E-state index contributed by atoms with van der Waals surface area (Å²) in [5.74, 6) is -1.78. The highest BCUT2D eigenvalue weighted by molar-refractivity contribution is 8.00. The van der Waals surface area contributed by atoms with Gasteiger partial charge >= 0.3 is 5.95 Å². The second kappa shape index (κ2) is 10.6. The van der Waals surface area contributed by atoms with Gasteiger partial charge in [-0.2, -0.15) is 4.98 Å². The van der Waals surface area contributed by atoms with Crippen molar-refractivity contribution in [3.63, 3.8) is 0 Å². The van der Waals surface area contributed by atoms with Crippen molar-refractivity contribution >= 4 is 80.9 Å². The largest absolute Gasteiger partial charge is 0.549 e. The fourth-order valence-corrected chi connectivity index (χ4v) is 7.59. The van der Waals surface area contributed by atoms with Crippen LogP contribution in [0.2, 0.25) is 0 Å². The summed E-state index contributed by atoms with van der Waals surface area (Å²) in [6.45, 7) is 1.82. The summed E-state index contributed by atoms with van der Waals surface area (Å²) in [7, 11) is 1.72. The molecule has 0 radical (unpaired) electrons. The highest BCUT2D eigenvalue weighted by atomic mass is 32.2. The number of carbonyl (C=O) groups excluding carboxylic acids is 3. The van der Waals surface area contributed by atoms with E-state index in [0.29, 0.717) is 10.8 Å². The first kappa shape index (κ1) is 27.7. The lowest BCUT2D eigenvalue weighted by Crippen LogP contribution is -2.75. The molecule has 2 aliphatic rings. The molecule has 5 heterocycles. The van der Waals surface area contributed by atoms with Crippen LogP contribution in [0.25, 0.3) is 5.65 Å². The zero-order chi connectivity index (χ0) is 28.8. The number of β-lactam (4-membered cyclic amide) rings is 1. The van der Waals surface area contributed by atoms with Crippen LogP contribution in [0.3, 0.4) is 0 Å². The number of fused-ring (bicyclic) bond motifs is 2. The molecule has 0 spiro atoms. The summed E-state index contributed by atoms with van der Waals surface area (Å²) in [5.41, 5.74) is 16.8. The molecule has 3 aromatic heterocycles. The third-order valence-corrected chi connectivity index (χ3v) is 9.88. The predicted molar refractivity (Wildman–Crippen MR) is 146 cm³/mol. The fraction of sp³-hybridized carbons (Fsp3) is 0.429. The number of hydrogen-bond acceptors (Lipinski definition) is 15. The number of thioether (sulfide) groups is 2. The van der Waals surface area contributed by atoms with Gasteiger partial charge in [-0.25, -0.2) is 9.55 Å². The molecule has 0 aromatic carbocycles. The lowest BCUT2D eigenvalue weighted by molar-refractivity contribution is -0.631. The Morgan fingerprint density at radius 2 is 2.15 bits per heavy atom. The van der Waals surface area contributed by atoms with E-state index in [2.05, 4.69) is 25.5 Å². The van der Waals surface area contributed by atoms with E-state index in [4.69, 9.17) is 22.0 Å². The number of aliphatic carboxylic acids is 1. The lowest BCUT2D eigenvalue weighted by Gasteiger charge is -2.55. The maximum Gasteiger partial charge on any atom is 0.376 e. The zero-order valence-electron chi connectivity index (χ0n) is 21.3. The van der Waals surface area contributed by atoms with Gasteiger partial charge in [0.1, 0.15) is 29.5 Å². The second-order valence-electron chi connectivity index (χ2n) is 9.05. The molecule has 2 aliphatic heterocycles. The number of aryl methyl sites for hydroxylation is 1. The monoisotopic (exact) mass is 607 g/mol.